The molecule has 0 bridgehead atoms. The van der Waals surface area contributed by atoms with Crippen molar-refractivity contribution in [3.8, 4) is 0 Å². The van der Waals surface area contributed by atoms with Gasteiger partial charge in [0.05, 0.1) is 0 Å². The molecular formula is C65H114O6. The summed E-state index contributed by atoms with van der Waals surface area (Å²) in [6.45, 7) is 6.59. The predicted molar refractivity (Wildman–Crippen MR) is 307 cm³/mol. The lowest BCUT2D eigenvalue weighted by Gasteiger charge is -2.18. The first-order valence-corrected chi connectivity index (χ1v) is 30.4. The van der Waals surface area contributed by atoms with Gasteiger partial charge in [0, 0.05) is 19.3 Å². The van der Waals surface area contributed by atoms with Crippen molar-refractivity contribution in [2.75, 3.05) is 13.2 Å². The van der Waals surface area contributed by atoms with Crippen molar-refractivity contribution in [3.05, 3.63) is 72.9 Å². The van der Waals surface area contributed by atoms with Gasteiger partial charge in [0.15, 0.2) is 6.10 Å². The van der Waals surface area contributed by atoms with Crippen LogP contribution in [0.2, 0.25) is 0 Å². The standard InChI is InChI=1S/C65H114O6/c1-4-7-10-13-16-19-22-25-28-31-32-35-37-40-43-46-49-52-55-58-64(67)70-61-62(71-65(68)59-56-53-50-47-44-41-38-34-30-27-24-21-18-15-12-9-6-3)60-69-63(66)57-54-51-48-45-42-39-36-33-29-26-23-20-17-14-11-8-5-2/h17-18,20-21,26-27,29-32,38,41,62H,4-16,19,22-25,28,33-37,39-40,42-61H2,1-3H3/b20-17-,21-18-,29-26-,30-27-,32-31-,41-38-/t62-/m1/s1. The molecule has 6 heteroatoms. The largest absolute Gasteiger partial charge is 0.462 e. The second-order valence-corrected chi connectivity index (χ2v) is 20.2. The quantitative estimate of drug-likeness (QED) is 0.0261. The summed E-state index contributed by atoms with van der Waals surface area (Å²) in [4.78, 5) is 38.2. The molecule has 0 radical (unpaired) electrons. The number of allylic oxidation sites excluding steroid dienone is 12. The Morgan fingerprint density at radius 1 is 0.282 bits per heavy atom. The van der Waals surface area contributed by atoms with Crippen LogP contribution in [0.15, 0.2) is 72.9 Å². The van der Waals surface area contributed by atoms with Crippen LogP contribution >= 0.6 is 0 Å². The van der Waals surface area contributed by atoms with Gasteiger partial charge in [-0.2, -0.15) is 0 Å². The van der Waals surface area contributed by atoms with Crippen LogP contribution in [-0.2, 0) is 28.6 Å². The monoisotopic (exact) mass is 991 g/mol. The van der Waals surface area contributed by atoms with Gasteiger partial charge in [0.25, 0.3) is 0 Å². The molecule has 0 unspecified atom stereocenters. The van der Waals surface area contributed by atoms with Crippen molar-refractivity contribution in [2.45, 2.75) is 309 Å². The lowest BCUT2D eigenvalue weighted by molar-refractivity contribution is -0.167. The first-order chi connectivity index (χ1) is 35.0. The van der Waals surface area contributed by atoms with Crippen molar-refractivity contribution in [1.82, 2.24) is 0 Å². The number of ether oxygens (including phenoxy) is 3. The van der Waals surface area contributed by atoms with E-state index in [1.165, 1.54) is 167 Å². The van der Waals surface area contributed by atoms with Gasteiger partial charge < -0.3 is 14.2 Å². The van der Waals surface area contributed by atoms with E-state index in [-0.39, 0.29) is 31.1 Å². The fourth-order valence-corrected chi connectivity index (χ4v) is 8.53. The molecule has 410 valence electrons. The maximum absolute atomic E-state index is 12.9. The first kappa shape index (κ1) is 67.8. The molecule has 0 aliphatic carbocycles. The molecule has 0 rings (SSSR count). The highest BCUT2D eigenvalue weighted by atomic mass is 16.6. The fraction of sp³-hybridized carbons (Fsp3) is 0.769. The summed E-state index contributed by atoms with van der Waals surface area (Å²) in [6.07, 6.45) is 76.0. The van der Waals surface area contributed by atoms with E-state index in [0.717, 1.165) is 96.3 Å². The third kappa shape index (κ3) is 57.6. The number of esters is 3. The lowest BCUT2D eigenvalue weighted by Crippen LogP contribution is -2.30. The number of hydrogen-bond donors (Lipinski definition) is 0. The molecule has 0 spiro atoms. The summed E-state index contributed by atoms with van der Waals surface area (Å²) in [5, 5.41) is 0. The van der Waals surface area contributed by atoms with E-state index >= 15 is 0 Å². The van der Waals surface area contributed by atoms with Crippen molar-refractivity contribution in [1.29, 1.82) is 0 Å². The van der Waals surface area contributed by atoms with Crippen LogP contribution < -0.4 is 0 Å². The Morgan fingerprint density at radius 3 is 0.831 bits per heavy atom. The van der Waals surface area contributed by atoms with Gasteiger partial charge in [-0.15, -0.1) is 0 Å². The Bertz CT molecular complexity index is 1320. The summed E-state index contributed by atoms with van der Waals surface area (Å²) in [7, 11) is 0. The highest BCUT2D eigenvalue weighted by Crippen LogP contribution is 2.15. The summed E-state index contributed by atoms with van der Waals surface area (Å²) >= 11 is 0. The van der Waals surface area contributed by atoms with E-state index < -0.39 is 6.10 Å². The van der Waals surface area contributed by atoms with Gasteiger partial charge >= 0.3 is 17.9 Å². The molecular weight excluding hydrogens is 877 g/mol. The number of hydrogen-bond acceptors (Lipinski definition) is 6. The van der Waals surface area contributed by atoms with Crippen LogP contribution in [0.5, 0.6) is 0 Å². The van der Waals surface area contributed by atoms with Gasteiger partial charge in [-0.25, -0.2) is 0 Å². The van der Waals surface area contributed by atoms with Crippen molar-refractivity contribution < 1.29 is 28.6 Å². The van der Waals surface area contributed by atoms with Gasteiger partial charge in [-0.05, 0) is 116 Å². The summed E-state index contributed by atoms with van der Waals surface area (Å²) in [5.41, 5.74) is 0. The second kappa shape index (κ2) is 59.4. The van der Waals surface area contributed by atoms with E-state index in [2.05, 4.69) is 93.7 Å². The maximum atomic E-state index is 12.9. The summed E-state index contributed by atoms with van der Waals surface area (Å²) in [6, 6.07) is 0. The molecule has 0 aromatic rings. The highest BCUT2D eigenvalue weighted by Gasteiger charge is 2.19. The first-order valence-electron chi connectivity index (χ1n) is 30.4. The molecule has 0 saturated carbocycles. The van der Waals surface area contributed by atoms with Crippen molar-refractivity contribution in [2.24, 2.45) is 0 Å². The molecule has 6 nitrogen and oxygen atoms in total. The number of unbranched alkanes of at least 4 members (excludes halogenated alkanes) is 32. The average Bonchev–Trinajstić information content (AvgIpc) is 3.37. The minimum absolute atomic E-state index is 0.0886. The normalized spacial score (nSPS) is 12.5. The Labute approximate surface area is 440 Å². The molecule has 0 aliphatic heterocycles. The smallest absolute Gasteiger partial charge is 0.306 e. The molecule has 0 amide bonds. The third-order valence-electron chi connectivity index (χ3n) is 13.2. The number of carbonyl (C=O) groups is 3. The maximum Gasteiger partial charge on any atom is 0.306 e. The van der Waals surface area contributed by atoms with Crippen LogP contribution in [0.25, 0.3) is 0 Å². The number of carbonyl (C=O) groups excluding carboxylic acids is 3. The molecule has 71 heavy (non-hydrogen) atoms. The topological polar surface area (TPSA) is 78.9 Å². The Hall–Kier alpha value is -3.15. The lowest BCUT2D eigenvalue weighted by atomic mass is 10.1. The van der Waals surface area contributed by atoms with E-state index in [9.17, 15) is 14.4 Å². The molecule has 0 aliphatic rings. The third-order valence-corrected chi connectivity index (χ3v) is 13.2. The molecule has 0 saturated heterocycles. The van der Waals surface area contributed by atoms with Crippen LogP contribution in [0.3, 0.4) is 0 Å². The average molecular weight is 992 g/mol. The van der Waals surface area contributed by atoms with Gasteiger partial charge in [-0.3, -0.25) is 14.4 Å². The Balaban J connectivity index is 4.42. The fourth-order valence-electron chi connectivity index (χ4n) is 8.53. The molecule has 1 atom stereocenters. The van der Waals surface area contributed by atoms with Crippen LogP contribution in [0.4, 0.5) is 0 Å². The van der Waals surface area contributed by atoms with Crippen LogP contribution in [0, 0.1) is 0 Å². The molecule has 0 aromatic heterocycles. The van der Waals surface area contributed by atoms with Gasteiger partial charge in [0.1, 0.15) is 13.2 Å². The van der Waals surface area contributed by atoms with E-state index in [0.29, 0.717) is 19.3 Å². The van der Waals surface area contributed by atoms with Gasteiger partial charge in [0.2, 0.25) is 0 Å². The summed E-state index contributed by atoms with van der Waals surface area (Å²) < 4.78 is 16.9. The Kier molecular flexibility index (Phi) is 56.8. The number of rotatable bonds is 55. The minimum Gasteiger partial charge on any atom is -0.462 e. The van der Waals surface area contributed by atoms with Crippen molar-refractivity contribution in [3.63, 3.8) is 0 Å². The summed E-state index contributed by atoms with van der Waals surface area (Å²) in [5.74, 6) is -0.912. The predicted octanol–water partition coefficient (Wildman–Crippen LogP) is 20.5. The van der Waals surface area contributed by atoms with E-state index in [4.69, 9.17) is 14.2 Å². The van der Waals surface area contributed by atoms with Crippen molar-refractivity contribution >= 4 is 17.9 Å². The minimum atomic E-state index is -0.793. The molecule has 0 N–H and O–H groups in total. The second-order valence-electron chi connectivity index (χ2n) is 20.2. The molecule has 0 fully saturated rings. The molecule has 0 aromatic carbocycles. The SMILES string of the molecule is CCCCC/C=C\C/C=C\C/C=C\CCCCCCC(=O)O[C@H](COC(=O)CCCCCCCCC/C=C\C/C=C\CCCCC)COC(=O)CCCCCCCCC/C=C\CCCCCCCCCC. The van der Waals surface area contributed by atoms with E-state index in [1.54, 1.807) is 0 Å². The molecule has 0 heterocycles. The zero-order valence-corrected chi connectivity index (χ0v) is 47.0. The zero-order valence-electron chi connectivity index (χ0n) is 47.0. The van der Waals surface area contributed by atoms with Crippen LogP contribution in [0.1, 0.15) is 303 Å². The van der Waals surface area contributed by atoms with Gasteiger partial charge in [-0.1, -0.05) is 241 Å². The van der Waals surface area contributed by atoms with Crippen LogP contribution in [-0.4, -0.2) is 37.2 Å². The highest BCUT2D eigenvalue weighted by molar-refractivity contribution is 5.71. The Morgan fingerprint density at radius 2 is 0.507 bits per heavy atom. The van der Waals surface area contributed by atoms with E-state index in [1.807, 2.05) is 0 Å². The zero-order chi connectivity index (χ0) is 51.4.